The van der Waals surface area contributed by atoms with E-state index < -0.39 is 17.8 Å². The molecule has 3 aromatic heterocycles. The van der Waals surface area contributed by atoms with Gasteiger partial charge in [-0.2, -0.15) is 0 Å². The van der Waals surface area contributed by atoms with Crippen molar-refractivity contribution in [1.29, 1.82) is 0 Å². The summed E-state index contributed by atoms with van der Waals surface area (Å²) in [7, 11) is 1.66. The number of pyridine rings is 2. The van der Waals surface area contributed by atoms with Gasteiger partial charge in [-0.1, -0.05) is 30.0 Å². The van der Waals surface area contributed by atoms with E-state index in [-0.39, 0.29) is 22.6 Å². The number of halogens is 1. The number of H-pyrrole nitrogens is 1. The quantitative estimate of drug-likeness (QED) is 0.316. The largest absolute Gasteiger partial charge is 0.508 e. The molecule has 0 aliphatic heterocycles. The van der Waals surface area contributed by atoms with Crippen LogP contribution < -0.4 is 10.9 Å². The Labute approximate surface area is 217 Å². The fourth-order valence-electron chi connectivity index (χ4n) is 4.16. The number of nitrogens with zero attached hydrogens (tertiary/aromatic N) is 2. The minimum absolute atomic E-state index is 0.107. The molecular weight excluding hydrogens is 483 g/mol. The summed E-state index contributed by atoms with van der Waals surface area (Å²) in [5.41, 5.74) is 3.19. The molecule has 3 N–H and O–H groups in total. The molecule has 0 saturated carbocycles. The first-order valence-electron chi connectivity index (χ1n) is 11.8. The Morgan fingerprint density at radius 1 is 1.05 bits per heavy atom. The van der Waals surface area contributed by atoms with Crippen LogP contribution in [0.2, 0.25) is 0 Å². The number of phenols is 1. The summed E-state index contributed by atoms with van der Waals surface area (Å²) in [6.07, 6.45) is 1.63. The number of hydrogen-bond donors (Lipinski definition) is 3. The van der Waals surface area contributed by atoms with E-state index in [4.69, 9.17) is 0 Å². The van der Waals surface area contributed by atoms with Crippen molar-refractivity contribution >= 4 is 16.8 Å². The van der Waals surface area contributed by atoms with Crippen molar-refractivity contribution in [2.75, 3.05) is 0 Å². The highest BCUT2D eigenvalue weighted by Gasteiger charge is 2.24. The summed E-state index contributed by atoms with van der Waals surface area (Å²) in [5.74, 6) is 4.69. The van der Waals surface area contributed by atoms with Gasteiger partial charge in [-0.3, -0.25) is 9.59 Å². The van der Waals surface area contributed by atoms with E-state index >= 15 is 0 Å². The number of fused-ring (bicyclic) bond motifs is 1. The zero-order valence-electron chi connectivity index (χ0n) is 20.6. The molecule has 38 heavy (non-hydrogen) atoms. The maximum atomic E-state index is 14.2. The molecule has 0 aliphatic carbocycles. The first-order chi connectivity index (χ1) is 18.3. The van der Waals surface area contributed by atoms with E-state index in [9.17, 15) is 19.1 Å². The van der Waals surface area contributed by atoms with Crippen molar-refractivity contribution in [3.63, 3.8) is 0 Å². The molecule has 0 fully saturated rings. The van der Waals surface area contributed by atoms with Crippen molar-refractivity contribution in [2.45, 2.75) is 13.0 Å². The number of phenolic OH excluding ortho intramolecular Hbond substituents is 1. The molecule has 0 spiro atoms. The number of amides is 1. The second-order valence-corrected chi connectivity index (χ2v) is 8.92. The van der Waals surface area contributed by atoms with Crippen LogP contribution in [-0.4, -0.2) is 25.5 Å². The van der Waals surface area contributed by atoms with Gasteiger partial charge in [-0.25, -0.2) is 9.37 Å². The number of benzene rings is 2. The van der Waals surface area contributed by atoms with E-state index in [1.54, 1.807) is 38.4 Å². The number of aromatic amines is 1. The van der Waals surface area contributed by atoms with E-state index in [2.05, 4.69) is 27.1 Å². The van der Waals surface area contributed by atoms with Crippen LogP contribution in [0.15, 0.2) is 83.8 Å². The van der Waals surface area contributed by atoms with E-state index in [0.29, 0.717) is 22.5 Å². The number of para-hydroxylation sites is 1. The van der Waals surface area contributed by atoms with Crippen LogP contribution in [0.4, 0.5) is 4.39 Å². The third kappa shape index (κ3) is 5.18. The lowest BCUT2D eigenvalue weighted by molar-refractivity contribution is 0.0936. The molecule has 0 radical (unpaired) electrons. The van der Waals surface area contributed by atoms with Gasteiger partial charge in [0.1, 0.15) is 17.3 Å². The summed E-state index contributed by atoms with van der Waals surface area (Å²) >= 11 is 0. The van der Waals surface area contributed by atoms with Crippen LogP contribution in [0.5, 0.6) is 5.75 Å². The third-order valence-corrected chi connectivity index (χ3v) is 6.08. The fraction of sp³-hybridized carbons (Fsp3) is 0.100. The highest BCUT2D eigenvalue weighted by molar-refractivity contribution is 5.93. The molecule has 8 heteroatoms. The van der Waals surface area contributed by atoms with Crippen molar-refractivity contribution in [1.82, 2.24) is 19.9 Å². The normalized spacial score (nSPS) is 11.6. The molecule has 1 unspecified atom stereocenters. The number of hydrogen-bond acceptors (Lipinski definition) is 4. The maximum absolute atomic E-state index is 14.2. The van der Waals surface area contributed by atoms with E-state index in [1.807, 2.05) is 30.3 Å². The van der Waals surface area contributed by atoms with Crippen LogP contribution in [0.1, 0.15) is 44.6 Å². The van der Waals surface area contributed by atoms with Crippen LogP contribution in [-0.2, 0) is 7.05 Å². The van der Waals surface area contributed by atoms with Gasteiger partial charge in [0.2, 0.25) is 0 Å². The predicted molar refractivity (Wildman–Crippen MR) is 142 cm³/mol. The minimum Gasteiger partial charge on any atom is -0.508 e. The zero-order valence-corrected chi connectivity index (χ0v) is 20.6. The summed E-state index contributed by atoms with van der Waals surface area (Å²) in [5, 5.41) is 14.3. The number of aryl methyl sites for hydroxylation is 2. The van der Waals surface area contributed by atoms with Crippen LogP contribution in [0.25, 0.3) is 10.9 Å². The number of aromatic nitrogens is 3. The Hall–Kier alpha value is -5.16. The van der Waals surface area contributed by atoms with Crippen LogP contribution in [0, 0.1) is 24.6 Å². The lowest BCUT2D eigenvalue weighted by Crippen LogP contribution is -2.30. The molecule has 1 atom stereocenters. The number of carbonyl (C=O) groups excluding carboxylic acids is 1. The summed E-state index contributed by atoms with van der Waals surface area (Å²) in [4.78, 5) is 32.9. The van der Waals surface area contributed by atoms with Crippen molar-refractivity contribution in [3.05, 3.63) is 129 Å². The highest BCUT2D eigenvalue weighted by Crippen LogP contribution is 2.31. The first kappa shape index (κ1) is 24.5. The zero-order chi connectivity index (χ0) is 26.8. The molecule has 0 saturated heterocycles. The van der Waals surface area contributed by atoms with Gasteiger partial charge in [0.15, 0.2) is 0 Å². The van der Waals surface area contributed by atoms with Crippen LogP contribution >= 0.6 is 0 Å². The number of aromatic hydroxyl groups is 1. The SMILES string of the molecule is Cc1cc(C#Cc2ccn(C)c(=O)c2)cc(C(=O)NC(c2cc3ccccc3[nH]2)c2cc(F)ccc2O)n1. The average molecular weight is 507 g/mol. The first-order valence-corrected chi connectivity index (χ1v) is 11.8. The summed E-state index contributed by atoms with van der Waals surface area (Å²) in [6, 6.07) is 18.6. The lowest BCUT2D eigenvalue weighted by Gasteiger charge is -2.19. The lowest BCUT2D eigenvalue weighted by atomic mass is 10.0. The maximum Gasteiger partial charge on any atom is 0.270 e. The Morgan fingerprint density at radius 3 is 2.63 bits per heavy atom. The summed E-state index contributed by atoms with van der Waals surface area (Å²) in [6.45, 7) is 1.74. The van der Waals surface area contributed by atoms with Gasteiger partial charge in [0.25, 0.3) is 11.5 Å². The number of rotatable bonds is 4. The average Bonchev–Trinajstić information content (AvgIpc) is 3.33. The third-order valence-electron chi connectivity index (χ3n) is 6.08. The minimum atomic E-state index is -0.886. The van der Waals surface area contributed by atoms with Crippen molar-refractivity contribution < 1.29 is 14.3 Å². The van der Waals surface area contributed by atoms with Gasteiger partial charge < -0.3 is 20.0 Å². The van der Waals surface area contributed by atoms with Crippen LogP contribution in [0.3, 0.4) is 0 Å². The summed E-state index contributed by atoms with van der Waals surface area (Å²) < 4.78 is 15.6. The molecule has 5 rings (SSSR count). The van der Waals surface area contributed by atoms with Gasteiger partial charge in [0, 0.05) is 52.9 Å². The van der Waals surface area contributed by atoms with E-state index in [1.165, 1.54) is 22.8 Å². The highest BCUT2D eigenvalue weighted by atomic mass is 19.1. The molecular formula is C30H23FN4O3. The molecule has 188 valence electrons. The number of carbonyl (C=O) groups is 1. The molecule has 3 heterocycles. The standard InChI is InChI=1S/C30H23FN4O3/c1-18-13-20(8-7-19-11-12-35(2)28(37)15-19)14-26(32-18)30(38)34-29(23-17-22(31)9-10-27(23)36)25-16-21-5-3-4-6-24(21)33-25/h3-6,9-17,29,33,36H,1-2H3,(H,34,38). The van der Waals surface area contributed by atoms with Gasteiger partial charge >= 0.3 is 0 Å². The molecule has 0 aliphatic rings. The Kier molecular flexibility index (Phi) is 6.50. The molecule has 2 aromatic carbocycles. The Bertz CT molecular complexity index is 1780. The fourth-order valence-corrected chi connectivity index (χ4v) is 4.16. The monoisotopic (exact) mass is 506 g/mol. The van der Waals surface area contributed by atoms with Crippen molar-refractivity contribution in [3.8, 4) is 17.6 Å². The predicted octanol–water partition coefficient (Wildman–Crippen LogP) is 4.33. The number of nitrogens with one attached hydrogen (secondary N) is 2. The molecule has 1 amide bonds. The molecule has 0 bridgehead atoms. The second-order valence-electron chi connectivity index (χ2n) is 8.92. The smallest absolute Gasteiger partial charge is 0.270 e. The molecule has 5 aromatic rings. The Balaban J connectivity index is 1.50. The van der Waals surface area contributed by atoms with Crippen molar-refractivity contribution in [2.24, 2.45) is 7.05 Å². The van der Waals surface area contributed by atoms with Gasteiger partial charge in [-0.15, -0.1) is 0 Å². The topological polar surface area (TPSA) is 100 Å². The molecule has 7 nitrogen and oxygen atoms in total. The second kappa shape index (κ2) is 10.1. The van der Waals surface area contributed by atoms with E-state index in [0.717, 1.165) is 17.0 Å². The Morgan fingerprint density at radius 2 is 1.84 bits per heavy atom. The van der Waals surface area contributed by atoms with Gasteiger partial charge in [0.05, 0.1) is 6.04 Å². The van der Waals surface area contributed by atoms with Gasteiger partial charge in [-0.05, 0) is 60.8 Å².